The van der Waals surface area contributed by atoms with Gasteiger partial charge in [-0.25, -0.2) is 9.98 Å². The Kier molecular flexibility index (Phi) is 4.19. The van der Waals surface area contributed by atoms with E-state index in [9.17, 15) is 0 Å². The van der Waals surface area contributed by atoms with Crippen molar-refractivity contribution in [3.05, 3.63) is 17.8 Å². The quantitative estimate of drug-likeness (QED) is 0.635. The molecule has 0 aromatic carbocycles. The molecule has 0 saturated carbocycles. The molecule has 1 atom stereocenters. The first kappa shape index (κ1) is 12.9. The number of aromatic nitrogens is 1. The molecule has 1 aromatic rings. The van der Waals surface area contributed by atoms with Crippen LogP contribution in [0.25, 0.3) is 0 Å². The lowest BCUT2D eigenvalue weighted by atomic mass is 10.3. The first-order chi connectivity index (χ1) is 8.69. The number of ether oxygens (including phenoxy) is 1. The van der Waals surface area contributed by atoms with Crippen LogP contribution < -0.4 is 5.73 Å². The SMILES string of the molecule is CCc1ncc(CN=C(N)N2CCOC(C)C2)o1. The average Bonchev–Trinajstić information content (AvgIpc) is 2.84. The van der Waals surface area contributed by atoms with Crippen LogP contribution in [0.5, 0.6) is 0 Å². The zero-order chi connectivity index (χ0) is 13.0. The monoisotopic (exact) mass is 252 g/mol. The normalized spacial score (nSPS) is 21.3. The molecule has 6 nitrogen and oxygen atoms in total. The highest BCUT2D eigenvalue weighted by molar-refractivity contribution is 5.78. The van der Waals surface area contributed by atoms with E-state index in [2.05, 4.69) is 9.98 Å². The van der Waals surface area contributed by atoms with Gasteiger partial charge >= 0.3 is 0 Å². The molecule has 6 heteroatoms. The molecule has 2 N–H and O–H groups in total. The van der Waals surface area contributed by atoms with Gasteiger partial charge in [0.25, 0.3) is 0 Å². The summed E-state index contributed by atoms with van der Waals surface area (Å²) in [6, 6.07) is 0. The summed E-state index contributed by atoms with van der Waals surface area (Å²) in [7, 11) is 0. The zero-order valence-corrected chi connectivity index (χ0v) is 10.9. The fourth-order valence-electron chi connectivity index (χ4n) is 1.87. The lowest BCUT2D eigenvalue weighted by Crippen LogP contribution is -2.47. The number of morpholine rings is 1. The van der Waals surface area contributed by atoms with Gasteiger partial charge in [0.1, 0.15) is 12.3 Å². The van der Waals surface area contributed by atoms with Crippen LogP contribution in [0.15, 0.2) is 15.6 Å². The Bertz CT molecular complexity index is 416. The van der Waals surface area contributed by atoms with Crippen molar-refractivity contribution in [2.45, 2.75) is 32.9 Å². The minimum absolute atomic E-state index is 0.199. The molecule has 1 saturated heterocycles. The summed E-state index contributed by atoms with van der Waals surface area (Å²) in [6.45, 7) is 6.73. The lowest BCUT2D eigenvalue weighted by Gasteiger charge is -2.31. The standard InChI is InChI=1S/C12H20N4O2/c1-3-11-14-6-10(18-11)7-15-12(13)16-4-5-17-9(2)8-16/h6,9H,3-5,7-8H2,1-2H3,(H2,13,15). The van der Waals surface area contributed by atoms with Crippen molar-refractivity contribution < 1.29 is 9.15 Å². The van der Waals surface area contributed by atoms with E-state index in [0.29, 0.717) is 19.1 Å². The van der Waals surface area contributed by atoms with Gasteiger partial charge in [0.05, 0.1) is 18.9 Å². The van der Waals surface area contributed by atoms with Crippen LogP contribution in [-0.2, 0) is 17.7 Å². The summed E-state index contributed by atoms with van der Waals surface area (Å²) < 4.78 is 10.9. The van der Waals surface area contributed by atoms with Crippen LogP contribution in [0.4, 0.5) is 0 Å². The van der Waals surface area contributed by atoms with Crippen LogP contribution in [0.2, 0.25) is 0 Å². The van der Waals surface area contributed by atoms with Crippen molar-refractivity contribution in [2.24, 2.45) is 10.7 Å². The van der Waals surface area contributed by atoms with Crippen LogP contribution in [-0.4, -0.2) is 41.6 Å². The van der Waals surface area contributed by atoms with E-state index in [0.717, 1.165) is 31.2 Å². The zero-order valence-electron chi connectivity index (χ0n) is 10.9. The van der Waals surface area contributed by atoms with Gasteiger partial charge in [0.2, 0.25) is 0 Å². The maximum Gasteiger partial charge on any atom is 0.194 e. The highest BCUT2D eigenvalue weighted by Gasteiger charge is 2.17. The molecule has 0 spiro atoms. The number of hydrogen-bond acceptors (Lipinski definition) is 4. The lowest BCUT2D eigenvalue weighted by molar-refractivity contribution is 0.00528. The predicted octanol–water partition coefficient (Wildman–Crippen LogP) is 0.772. The van der Waals surface area contributed by atoms with Crippen LogP contribution in [0.3, 0.4) is 0 Å². The third kappa shape index (κ3) is 3.22. The smallest absolute Gasteiger partial charge is 0.194 e. The molecule has 100 valence electrons. The van der Waals surface area contributed by atoms with E-state index >= 15 is 0 Å². The molecule has 1 aliphatic rings. The number of guanidine groups is 1. The third-order valence-corrected chi connectivity index (χ3v) is 2.87. The summed E-state index contributed by atoms with van der Waals surface area (Å²) in [5.74, 6) is 2.02. The van der Waals surface area contributed by atoms with Crippen LogP contribution >= 0.6 is 0 Å². The van der Waals surface area contributed by atoms with Crippen molar-refractivity contribution in [1.82, 2.24) is 9.88 Å². The average molecular weight is 252 g/mol. The Morgan fingerprint density at radius 3 is 3.17 bits per heavy atom. The van der Waals surface area contributed by atoms with E-state index in [1.54, 1.807) is 6.20 Å². The molecule has 0 radical (unpaired) electrons. The van der Waals surface area contributed by atoms with Gasteiger partial charge in [-0.05, 0) is 6.92 Å². The summed E-state index contributed by atoms with van der Waals surface area (Å²) in [4.78, 5) is 10.5. The Labute approximate surface area is 107 Å². The third-order valence-electron chi connectivity index (χ3n) is 2.87. The fourth-order valence-corrected chi connectivity index (χ4v) is 1.87. The molecule has 1 aromatic heterocycles. The Morgan fingerprint density at radius 2 is 2.50 bits per heavy atom. The minimum Gasteiger partial charge on any atom is -0.444 e. The van der Waals surface area contributed by atoms with Crippen molar-refractivity contribution in [1.29, 1.82) is 0 Å². The van der Waals surface area contributed by atoms with Gasteiger partial charge in [-0.15, -0.1) is 0 Å². The molecular formula is C12H20N4O2. The topological polar surface area (TPSA) is 76.9 Å². The molecule has 0 aliphatic carbocycles. The van der Waals surface area contributed by atoms with Gasteiger partial charge in [0, 0.05) is 19.5 Å². The van der Waals surface area contributed by atoms with E-state index < -0.39 is 0 Å². The molecular weight excluding hydrogens is 232 g/mol. The van der Waals surface area contributed by atoms with E-state index in [1.165, 1.54) is 0 Å². The maximum atomic E-state index is 5.96. The molecule has 1 fully saturated rings. The maximum absolute atomic E-state index is 5.96. The first-order valence-electron chi connectivity index (χ1n) is 6.29. The van der Waals surface area contributed by atoms with Crippen LogP contribution in [0.1, 0.15) is 25.5 Å². The Hall–Kier alpha value is -1.56. The molecule has 0 bridgehead atoms. The Balaban J connectivity index is 1.91. The number of rotatable bonds is 3. The second-order valence-electron chi connectivity index (χ2n) is 4.38. The number of aryl methyl sites for hydroxylation is 1. The number of nitrogens with zero attached hydrogens (tertiary/aromatic N) is 3. The van der Waals surface area contributed by atoms with Crippen molar-refractivity contribution >= 4 is 5.96 Å². The van der Waals surface area contributed by atoms with Gasteiger partial charge < -0.3 is 19.8 Å². The van der Waals surface area contributed by atoms with E-state index in [-0.39, 0.29) is 6.10 Å². The van der Waals surface area contributed by atoms with Crippen molar-refractivity contribution in [3.8, 4) is 0 Å². The minimum atomic E-state index is 0.199. The van der Waals surface area contributed by atoms with Crippen molar-refractivity contribution in [3.63, 3.8) is 0 Å². The number of oxazole rings is 1. The predicted molar refractivity (Wildman–Crippen MR) is 68.2 cm³/mol. The van der Waals surface area contributed by atoms with E-state index in [4.69, 9.17) is 14.9 Å². The second-order valence-corrected chi connectivity index (χ2v) is 4.38. The highest BCUT2D eigenvalue weighted by atomic mass is 16.5. The summed E-state index contributed by atoms with van der Waals surface area (Å²) in [5, 5.41) is 0. The van der Waals surface area contributed by atoms with Crippen LogP contribution in [0, 0.1) is 0 Å². The number of aliphatic imine (C=N–C) groups is 1. The summed E-state index contributed by atoms with van der Waals surface area (Å²) >= 11 is 0. The second kappa shape index (κ2) is 5.86. The Morgan fingerprint density at radius 1 is 1.67 bits per heavy atom. The van der Waals surface area contributed by atoms with Gasteiger partial charge in [-0.3, -0.25) is 0 Å². The van der Waals surface area contributed by atoms with E-state index in [1.807, 2.05) is 18.7 Å². The fraction of sp³-hybridized carbons (Fsp3) is 0.667. The molecule has 2 heterocycles. The summed E-state index contributed by atoms with van der Waals surface area (Å²) in [5.41, 5.74) is 5.96. The van der Waals surface area contributed by atoms with Gasteiger partial charge in [0.15, 0.2) is 11.9 Å². The molecule has 1 aliphatic heterocycles. The van der Waals surface area contributed by atoms with Crippen molar-refractivity contribution in [2.75, 3.05) is 19.7 Å². The van der Waals surface area contributed by atoms with Gasteiger partial charge in [-0.2, -0.15) is 0 Å². The largest absolute Gasteiger partial charge is 0.444 e. The molecule has 18 heavy (non-hydrogen) atoms. The number of hydrogen-bond donors (Lipinski definition) is 1. The molecule has 1 unspecified atom stereocenters. The summed E-state index contributed by atoms with van der Waals surface area (Å²) in [6.07, 6.45) is 2.70. The highest BCUT2D eigenvalue weighted by Crippen LogP contribution is 2.07. The molecule has 2 rings (SSSR count). The van der Waals surface area contributed by atoms with Gasteiger partial charge in [-0.1, -0.05) is 6.92 Å². The number of nitrogens with two attached hydrogens (primary N) is 1. The molecule has 0 amide bonds. The first-order valence-corrected chi connectivity index (χ1v) is 6.29.